The summed E-state index contributed by atoms with van der Waals surface area (Å²) in [4.78, 5) is 29.9. The molecule has 5 rings (SSSR count). The quantitative estimate of drug-likeness (QED) is 0.387. The molecule has 0 aliphatic rings. The minimum Gasteiger partial charge on any atom is -0.458 e. The van der Waals surface area contributed by atoms with Gasteiger partial charge in [-0.1, -0.05) is 11.6 Å². The summed E-state index contributed by atoms with van der Waals surface area (Å²) in [5.41, 5.74) is 6.66. The molecule has 4 aromatic heterocycles. The van der Waals surface area contributed by atoms with E-state index in [1.54, 1.807) is 6.07 Å². The highest BCUT2D eigenvalue weighted by Crippen LogP contribution is 2.25. The molecule has 4 heterocycles. The van der Waals surface area contributed by atoms with E-state index in [9.17, 15) is 14.7 Å². The van der Waals surface area contributed by atoms with E-state index in [0.717, 1.165) is 10.9 Å². The van der Waals surface area contributed by atoms with Gasteiger partial charge in [-0.25, -0.2) is 4.98 Å². The molecule has 0 aliphatic heterocycles. The van der Waals surface area contributed by atoms with E-state index >= 15 is 0 Å². The van der Waals surface area contributed by atoms with Crippen molar-refractivity contribution in [2.24, 2.45) is 5.73 Å². The number of primary amides is 1. The number of hydrogen-bond donors (Lipinski definition) is 2. The van der Waals surface area contributed by atoms with Crippen molar-refractivity contribution in [3.05, 3.63) is 69.4 Å². The largest absolute Gasteiger partial charge is 0.458 e. The number of furan rings is 2. The average molecular weight is 449 g/mol. The van der Waals surface area contributed by atoms with Gasteiger partial charge in [-0.05, 0) is 37.3 Å². The van der Waals surface area contributed by atoms with E-state index in [-0.39, 0.29) is 41.3 Å². The average Bonchev–Trinajstić information content (AvgIpc) is 3.46. The van der Waals surface area contributed by atoms with Crippen LogP contribution in [0.1, 0.15) is 39.4 Å². The molecule has 0 spiro atoms. The Labute approximate surface area is 185 Å². The van der Waals surface area contributed by atoms with Gasteiger partial charge in [-0.3, -0.25) is 14.2 Å². The highest BCUT2D eigenvalue weighted by molar-refractivity contribution is 6.05. The molecule has 5 aromatic rings. The molecular weight excluding hydrogens is 430 g/mol. The number of hydrogen-bond acceptors (Lipinski definition) is 9. The van der Waals surface area contributed by atoms with Gasteiger partial charge in [0.2, 0.25) is 5.71 Å². The lowest BCUT2D eigenvalue weighted by molar-refractivity contribution is 0.1000. The van der Waals surface area contributed by atoms with Crippen LogP contribution in [0.3, 0.4) is 0 Å². The molecule has 0 unspecified atom stereocenters. The summed E-state index contributed by atoms with van der Waals surface area (Å²) in [6, 6.07) is 7.52. The molecule has 1 amide bonds. The number of fused-ring (bicyclic) bond motifs is 2. The third-order valence-corrected chi connectivity index (χ3v) is 5.26. The number of tetrazole rings is 1. The normalized spacial score (nSPS) is 12.6. The third-order valence-electron chi connectivity index (χ3n) is 5.26. The molecule has 1 atom stereocenters. The van der Waals surface area contributed by atoms with E-state index in [4.69, 9.17) is 14.6 Å². The minimum atomic E-state index is -0.993. The first-order valence-electron chi connectivity index (χ1n) is 10.0. The van der Waals surface area contributed by atoms with E-state index in [0.29, 0.717) is 11.3 Å². The number of nitrogens with two attached hydrogens (primary N) is 1. The van der Waals surface area contributed by atoms with Gasteiger partial charge in [-0.2, -0.15) is 4.80 Å². The third kappa shape index (κ3) is 3.65. The maximum atomic E-state index is 12.9. The Morgan fingerprint density at radius 1 is 1.24 bits per heavy atom. The first kappa shape index (κ1) is 20.6. The number of aromatic nitrogens is 6. The van der Waals surface area contributed by atoms with Crippen molar-refractivity contribution in [3.8, 4) is 0 Å². The van der Waals surface area contributed by atoms with Crippen molar-refractivity contribution in [1.82, 2.24) is 29.8 Å². The zero-order valence-corrected chi connectivity index (χ0v) is 17.7. The lowest BCUT2D eigenvalue weighted by Gasteiger charge is -2.05. The number of carbonyl (C=O) groups excluding carboxylic acids is 1. The molecule has 0 bridgehead atoms. The standard InChI is InChI=1S/C21H19N7O5/c1-10-3-4-14-12(5-10)6-15(33-14)13(29)7-28-25-16(24-26-28)8-27-9-23-20-18(21(27)31)17(19(22)30)11(2)32-20/h3-6,9,13,29H,7-8H2,1-2H3,(H2,22,30)/t13-/m0/s1. The van der Waals surface area contributed by atoms with Gasteiger partial charge in [-0.15, -0.1) is 10.2 Å². The molecule has 0 aliphatic carbocycles. The number of rotatable bonds is 6. The van der Waals surface area contributed by atoms with E-state index in [1.807, 2.05) is 25.1 Å². The van der Waals surface area contributed by atoms with Crippen molar-refractivity contribution in [2.75, 3.05) is 0 Å². The Bertz CT molecular complexity index is 1580. The Balaban J connectivity index is 1.37. The molecule has 0 fully saturated rings. The second-order valence-corrected chi connectivity index (χ2v) is 7.72. The van der Waals surface area contributed by atoms with Crippen LogP contribution < -0.4 is 11.3 Å². The van der Waals surface area contributed by atoms with Gasteiger partial charge in [0, 0.05) is 5.39 Å². The monoisotopic (exact) mass is 449 g/mol. The number of aliphatic hydroxyl groups is 1. The van der Waals surface area contributed by atoms with Crippen LogP contribution in [0.2, 0.25) is 0 Å². The number of aliphatic hydroxyl groups excluding tert-OH is 1. The molecule has 0 radical (unpaired) electrons. The molecular formula is C21H19N7O5. The fraction of sp³-hybridized carbons (Fsp3) is 0.238. The van der Waals surface area contributed by atoms with Crippen LogP contribution in [-0.2, 0) is 13.1 Å². The van der Waals surface area contributed by atoms with Crippen LogP contribution in [0.25, 0.3) is 22.1 Å². The Kier molecular flexibility index (Phi) is 4.78. The maximum Gasteiger partial charge on any atom is 0.265 e. The van der Waals surface area contributed by atoms with E-state index in [1.165, 1.54) is 22.6 Å². The summed E-state index contributed by atoms with van der Waals surface area (Å²) in [5, 5.41) is 23.5. The molecule has 12 heteroatoms. The lowest BCUT2D eigenvalue weighted by Crippen LogP contribution is -2.24. The molecule has 168 valence electrons. The van der Waals surface area contributed by atoms with Crippen LogP contribution in [0.5, 0.6) is 0 Å². The van der Waals surface area contributed by atoms with E-state index < -0.39 is 17.6 Å². The summed E-state index contributed by atoms with van der Waals surface area (Å²) in [6.07, 6.45) is 0.275. The predicted octanol–water partition coefficient (Wildman–Crippen LogP) is 1.22. The van der Waals surface area contributed by atoms with Gasteiger partial charge in [0.25, 0.3) is 11.5 Å². The number of amides is 1. The fourth-order valence-corrected chi connectivity index (χ4v) is 3.71. The van der Waals surface area contributed by atoms with Gasteiger partial charge >= 0.3 is 0 Å². The molecule has 33 heavy (non-hydrogen) atoms. The summed E-state index contributed by atoms with van der Waals surface area (Å²) < 4.78 is 12.3. The predicted molar refractivity (Wildman–Crippen MR) is 114 cm³/mol. The van der Waals surface area contributed by atoms with Crippen molar-refractivity contribution in [1.29, 1.82) is 0 Å². The van der Waals surface area contributed by atoms with Gasteiger partial charge < -0.3 is 19.7 Å². The topological polar surface area (TPSA) is 168 Å². The van der Waals surface area contributed by atoms with Crippen LogP contribution in [-0.4, -0.2) is 40.8 Å². The number of nitrogens with zero attached hydrogens (tertiary/aromatic N) is 6. The summed E-state index contributed by atoms with van der Waals surface area (Å²) >= 11 is 0. The van der Waals surface area contributed by atoms with Gasteiger partial charge in [0.15, 0.2) is 5.82 Å². The zero-order valence-electron chi connectivity index (χ0n) is 17.7. The second-order valence-electron chi connectivity index (χ2n) is 7.72. The van der Waals surface area contributed by atoms with Crippen LogP contribution in [0, 0.1) is 13.8 Å². The van der Waals surface area contributed by atoms with Crippen molar-refractivity contribution in [2.45, 2.75) is 33.0 Å². The summed E-state index contributed by atoms with van der Waals surface area (Å²) in [6.45, 7) is 3.46. The number of carbonyl (C=O) groups is 1. The minimum absolute atomic E-state index is 0.00221. The highest BCUT2D eigenvalue weighted by Gasteiger charge is 2.22. The van der Waals surface area contributed by atoms with E-state index in [2.05, 4.69) is 20.4 Å². The Morgan fingerprint density at radius 2 is 2.06 bits per heavy atom. The molecule has 0 saturated carbocycles. The SMILES string of the molecule is Cc1ccc2oc([C@@H](O)Cn3nnc(Cn4cnc5oc(C)c(C(N)=O)c5c4=O)n3)cc2c1. The second kappa shape index (κ2) is 7.67. The van der Waals surface area contributed by atoms with Gasteiger partial charge in [0.05, 0.1) is 18.7 Å². The molecule has 3 N–H and O–H groups in total. The maximum absolute atomic E-state index is 12.9. The van der Waals surface area contributed by atoms with Crippen LogP contribution in [0.15, 0.2) is 44.2 Å². The lowest BCUT2D eigenvalue weighted by atomic mass is 10.2. The fourth-order valence-electron chi connectivity index (χ4n) is 3.71. The highest BCUT2D eigenvalue weighted by atomic mass is 16.4. The number of aryl methyl sites for hydroxylation is 2. The first-order chi connectivity index (χ1) is 15.8. The molecule has 1 aromatic carbocycles. The van der Waals surface area contributed by atoms with Crippen LogP contribution >= 0.6 is 0 Å². The van der Waals surface area contributed by atoms with Crippen molar-refractivity contribution < 1.29 is 18.7 Å². The smallest absolute Gasteiger partial charge is 0.265 e. The Hall–Kier alpha value is -4.32. The van der Waals surface area contributed by atoms with Crippen molar-refractivity contribution >= 4 is 28.0 Å². The summed E-state index contributed by atoms with van der Waals surface area (Å²) in [7, 11) is 0. The first-order valence-corrected chi connectivity index (χ1v) is 10.0. The van der Waals surface area contributed by atoms with Crippen LogP contribution in [0.4, 0.5) is 0 Å². The molecule has 12 nitrogen and oxygen atoms in total. The zero-order chi connectivity index (χ0) is 23.3. The summed E-state index contributed by atoms with van der Waals surface area (Å²) in [5.74, 6) is 0.0431. The number of benzene rings is 1. The van der Waals surface area contributed by atoms with Gasteiger partial charge in [0.1, 0.15) is 34.9 Å². The Morgan fingerprint density at radius 3 is 2.85 bits per heavy atom. The van der Waals surface area contributed by atoms with Crippen molar-refractivity contribution in [3.63, 3.8) is 0 Å². The molecule has 0 saturated heterocycles.